The quantitative estimate of drug-likeness (QED) is 0.329. The minimum absolute atomic E-state index is 0.00732. The van der Waals surface area contributed by atoms with Gasteiger partial charge in [0, 0.05) is 30.1 Å². The first kappa shape index (κ1) is 29.5. The first-order valence-corrected chi connectivity index (χ1v) is 16.0. The van der Waals surface area contributed by atoms with Gasteiger partial charge in [-0.25, -0.2) is 0 Å². The summed E-state index contributed by atoms with van der Waals surface area (Å²) in [7, 11) is 1.52. The second-order valence-electron chi connectivity index (χ2n) is 13.1. The van der Waals surface area contributed by atoms with Crippen molar-refractivity contribution in [2.75, 3.05) is 20.3 Å². The molecule has 1 aromatic rings. The molecule has 2 amide bonds. The number of ether oxygens (including phenoxy) is 2. The highest BCUT2D eigenvalue weighted by molar-refractivity contribution is 5.96. The fourth-order valence-electron chi connectivity index (χ4n) is 8.69. The molecule has 1 aliphatic heterocycles. The van der Waals surface area contributed by atoms with Crippen LogP contribution in [0.25, 0.3) is 0 Å². The van der Waals surface area contributed by atoms with Crippen LogP contribution in [0.5, 0.6) is 11.5 Å². The maximum absolute atomic E-state index is 14.3. The van der Waals surface area contributed by atoms with Gasteiger partial charge < -0.3 is 35.0 Å². The Morgan fingerprint density at radius 2 is 1.86 bits per heavy atom. The number of aliphatic hydroxyl groups is 3. The molecule has 1 heterocycles. The lowest BCUT2D eigenvalue weighted by Crippen LogP contribution is -2.58. The van der Waals surface area contributed by atoms with Crippen LogP contribution in [0.1, 0.15) is 87.7 Å². The van der Waals surface area contributed by atoms with Crippen molar-refractivity contribution in [3.05, 3.63) is 34.9 Å². The number of rotatable bonds is 9. The number of amides is 2. The second-order valence-corrected chi connectivity index (χ2v) is 13.1. The molecular formula is C33H46N2O7. The third kappa shape index (κ3) is 5.44. The SMILES string of the molecule is COc1cc(CO)cc2c1O[C@@H]1[C@@H](O)[C@H](N(C(=O)CC3CC4CCC3C4)C3CCCCCC3)C=C(C(=O)NCCO)[C@H]21. The van der Waals surface area contributed by atoms with Crippen LogP contribution >= 0.6 is 0 Å². The van der Waals surface area contributed by atoms with Crippen molar-refractivity contribution in [3.8, 4) is 11.5 Å². The van der Waals surface area contributed by atoms with E-state index >= 15 is 0 Å². The van der Waals surface area contributed by atoms with Crippen molar-refractivity contribution < 1.29 is 34.4 Å². The third-order valence-corrected chi connectivity index (χ3v) is 10.6. The molecule has 9 heteroatoms. The molecule has 1 aromatic carbocycles. The number of hydrogen-bond acceptors (Lipinski definition) is 7. The van der Waals surface area contributed by atoms with Crippen molar-refractivity contribution in [1.82, 2.24) is 10.2 Å². The second kappa shape index (κ2) is 12.5. The van der Waals surface area contributed by atoms with Gasteiger partial charge >= 0.3 is 0 Å². The van der Waals surface area contributed by atoms with E-state index in [1.807, 2.05) is 4.90 Å². The van der Waals surface area contributed by atoms with E-state index in [2.05, 4.69) is 5.32 Å². The van der Waals surface area contributed by atoms with E-state index < -0.39 is 24.2 Å². The Morgan fingerprint density at radius 3 is 2.50 bits per heavy atom. The number of carbonyl (C=O) groups is 2. The molecule has 4 N–H and O–H groups in total. The van der Waals surface area contributed by atoms with Gasteiger partial charge in [0.05, 0.1) is 32.3 Å². The first-order chi connectivity index (χ1) is 20.4. The number of fused-ring (bicyclic) bond motifs is 5. The number of benzene rings is 1. The lowest BCUT2D eigenvalue weighted by molar-refractivity contribution is -0.142. The van der Waals surface area contributed by atoms with Crippen molar-refractivity contribution >= 4 is 11.8 Å². The van der Waals surface area contributed by atoms with Crippen LogP contribution in [0, 0.1) is 17.8 Å². The predicted octanol–water partition coefficient (Wildman–Crippen LogP) is 3.19. The third-order valence-electron chi connectivity index (χ3n) is 10.6. The summed E-state index contributed by atoms with van der Waals surface area (Å²) in [6.07, 6.45) is 11.4. The molecule has 4 aliphatic carbocycles. The number of methoxy groups -OCH3 is 1. The molecule has 5 aliphatic rings. The van der Waals surface area contributed by atoms with E-state index in [0.717, 1.165) is 50.9 Å². The maximum Gasteiger partial charge on any atom is 0.247 e. The molecular weight excluding hydrogens is 536 g/mol. The van der Waals surface area contributed by atoms with Crippen LogP contribution in [0.4, 0.5) is 0 Å². The van der Waals surface area contributed by atoms with E-state index in [1.165, 1.54) is 26.4 Å². The Balaban J connectivity index is 1.39. The summed E-state index contributed by atoms with van der Waals surface area (Å²) in [4.78, 5) is 29.9. The molecule has 2 bridgehead atoms. The smallest absolute Gasteiger partial charge is 0.247 e. The van der Waals surface area contributed by atoms with Crippen LogP contribution in [0.15, 0.2) is 23.8 Å². The van der Waals surface area contributed by atoms with Crippen LogP contribution in [-0.4, -0.2) is 76.6 Å². The number of carbonyl (C=O) groups excluding carboxylic acids is 2. The molecule has 9 nitrogen and oxygen atoms in total. The highest BCUT2D eigenvalue weighted by atomic mass is 16.5. The van der Waals surface area contributed by atoms with E-state index in [0.29, 0.717) is 46.5 Å². The van der Waals surface area contributed by atoms with E-state index in [-0.39, 0.29) is 37.6 Å². The predicted molar refractivity (Wildman–Crippen MR) is 156 cm³/mol. The van der Waals surface area contributed by atoms with Gasteiger partial charge in [-0.1, -0.05) is 32.1 Å². The molecule has 3 saturated carbocycles. The summed E-state index contributed by atoms with van der Waals surface area (Å²) in [6, 6.07) is 2.78. The Labute approximate surface area is 248 Å². The van der Waals surface area contributed by atoms with Crippen LogP contribution in [0.2, 0.25) is 0 Å². The fourth-order valence-corrected chi connectivity index (χ4v) is 8.69. The lowest BCUT2D eigenvalue weighted by atomic mass is 9.76. The Morgan fingerprint density at radius 1 is 1.07 bits per heavy atom. The average Bonchev–Trinajstić information content (AvgIpc) is 3.66. The van der Waals surface area contributed by atoms with Gasteiger partial charge in [-0.15, -0.1) is 0 Å². The van der Waals surface area contributed by atoms with Crippen molar-refractivity contribution in [1.29, 1.82) is 0 Å². The first-order valence-electron chi connectivity index (χ1n) is 16.0. The molecule has 0 spiro atoms. The van der Waals surface area contributed by atoms with Gasteiger partial charge in [-0.05, 0) is 73.6 Å². The Hall–Kier alpha value is -2.62. The van der Waals surface area contributed by atoms with Crippen molar-refractivity contribution in [2.45, 2.75) is 107 Å². The van der Waals surface area contributed by atoms with Crippen LogP contribution in [-0.2, 0) is 16.2 Å². The zero-order chi connectivity index (χ0) is 29.4. The van der Waals surface area contributed by atoms with Crippen molar-refractivity contribution in [3.63, 3.8) is 0 Å². The maximum atomic E-state index is 14.3. The average molecular weight is 583 g/mol. The molecule has 0 radical (unpaired) electrons. The Kier molecular flexibility index (Phi) is 8.80. The number of hydrogen-bond donors (Lipinski definition) is 4. The summed E-state index contributed by atoms with van der Waals surface area (Å²) >= 11 is 0. The molecule has 6 rings (SSSR count). The standard InChI is InChI=1S/C33H46N2O7/c1-41-27-15-20(18-37)14-24-29-25(33(40)34-10-11-36)17-26(30(39)32(29)42-31(24)27)35(23-6-4-2-3-5-7-23)28(38)16-22-13-19-8-9-21(22)12-19/h14-15,17,19,21-23,26,29-30,32,36-37,39H,2-13,16,18H2,1H3,(H,34,40)/t19?,21?,22?,26-,29+,30+,32+/m1/s1. The number of aliphatic hydroxyl groups excluding tert-OH is 3. The van der Waals surface area contributed by atoms with Gasteiger partial charge in [-0.3, -0.25) is 9.59 Å². The zero-order valence-electron chi connectivity index (χ0n) is 24.7. The van der Waals surface area contributed by atoms with Crippen molar-refractivity contribution in [2.24, 2.45) is 17.8 Å². The minimum atomic E-state index is -1.06. The van der Waals surface area contributed by atoms with Gasteiger partial charge in [-0.2, -0.15) is 0 Å². The topological polar surface area (TPSA) is 129 Å². The molecule has 0 saturated heterocycles. The van der Waals surface area contributed by atoms with E-state index in [4.69, 9.17) is 9.47 Å². The monoisotopic (exact) mass is 582 g/mol. The molecule has 230 valence electrons. The largest absolute Gasteiger partial charge is 0.493 e. The highest BCUT2D eigenvalue weighted by Gasteiger charge is 2.52. The molecule has 0 aromatic heterocycles. The van der Waals surface area contributed by atoms with Gasteiger partial charge in [0.25, 0.3) is 0 Å². The van der Waals surface area contributed by atoms with E-state index in [9.17, 15) is 24.9 Å². The summed E-state index contributed by atoms with van der Waals surface area (Å²) in [5, 5.41) is 34.2. The molecule has 3 fully saturated rings. The highest BCUT2D eigenvalue weighted by Crippen LogP contribution is 2.53. The Bertz CT molecular complexity index is 1190. The minimum Gasteiger partial charge on any atom is -0.493 e. The van der Waals surface area contributed by atoms with Crippen LogP contribution in [0.3, 0.4) is 0 Å². The lowest BCUT2D eigenvalue weighted by Gasteiger charge is -2.44. The zero-order valence-corrected chi connectivity index (χ0v) is 24.7. The van der Waals surface area contributed by atoms with Gasteiger partial charge in [0.15, 0.2) is 11.5 Å². The normalized spacial score (nSPS) is 31.9. The fraction of sp³-hybridized carbons (Fsp3) is 0.697. The number of nitrogens with zero attached hydrogens (tertiary/aromatic N) is 1. The van der Waals surface area contributed by atoms with Gasteiger partial charge in [0.1, 0.15) is 12.2 Å². The summed E-state index contributed by atoms with van der Waals surface area (Å²) in [6.45, 7) is -0.329. The van der Waals surface area contributed by atoms with E-state index in [1.54, 1.807) is 18.2 Å². The van der Waals surface area contributed by atoms with Crippen LogP contribution < -0.4 is 14.8 Å². The summed E-state index contributed by atoms with van der Waals surface area (Å²) < 4.78 is 12.0. The molecule has 7 atom stereocenters. The molecule has 42 heavy (non-hydrogen) atoms. The molecule has 3 unspecified atom stereocenters. The summed E-state index contributed by atoms with van der Waals surface area (Å²) in [5.41, 5.74) is 1.69. The summed E-state index contributed by atoms with van der Waals surface area (Å²) in [5.74, 6) is 1.73. The van der Waals surface area contributed by atoms with Gasteiger partial charge in [0.2, 0.25) is 11.8 Å². The number of nitrogens with one attached hydrogen (secondary N) is 1.